The van der Waals surface area contributed by atoms with Crippen molar-refractivity contribution in [2.45, 2.75) is 25.9 Å². The number of rotatable bonds is 8. The van der Waals surface area contributed by atoms with Gasteiger partial charge in [-0.25, -0.2) is 14.9 Å². The number of aromatic amines is 1. The molecule has 12 nitrogen and oxygen atoms in total. The fraction of sp³-hybridized carbons (Fsp3) is 0.176. The highest BCUT2D eigenvalue weighted by Crippen LogP contribution is 2.37. The number of benzene rings is 3. The fourth-order valence-electron chi connectivity index (χ4n) is 5.50. The van der Waals surface area contributed by atoms with Gasteiger partial charge in [-0.05, 0) is 68.4 Å². The number of hydrogen-bond acceptors (Lipinski definition) is 7. The topological polar surface area (TPSA) is 141 Å². The van der Waals surface area contributed by atoms with Crippen LogP contribution >= 0.6 is 0 Å². The van der Waals surface area contributed by atoms with Crippen LogP contribution in [0.1, 0.15) is 24.3 Å². The first-order valence-electron chi connectivity index (χ1n) is 14.6. The van der Waals surface area contributed by atoms with Gasteiger partial charge in [0.15, 0.2) is 6.04 Å². The lowest BCUT2D eigenvalue weighted by atomic mass is 10.2. The Morgan fingerprint density at radius 2 is 1.59 bits per heavy atom. The Kier molecular flexibility index (Phi) is 8.17. The standard InChI is InChI=1S/C34H31N7O5/c1-21(2)40(23-13-15-24(46-3)16-14-23)29(42)20-39-27-11-6-7-12-28(27)41(34-35-17-8-18-36-34)33(45)30(32(39)44)38-31(43)26-19-22-9-4-5-10-25(22)37-26/h4-19,21,30,37H,20H2,1-3H3,(H,38,43). The number of hydrogen-bond donors (Lipinski definition) is 2. The molecule has 46 heavy (non-hydrogen) atoms. The van der Waals surface area contributed by atoms with Crippen LogP contribution in [0.5, 0.6) is 5.75 Å². The molecule has 1 aliphatic heterocycles. The van der Waals surface area contributed by atoms with Crippen LogP contribution in [-0.4, -0.2) is 64.3 Å². The number of carbonyl (C=O) groups is 4. The van der Waals surface area contributed by atoms with E-state index in [1.165, 1.54) is 22.2 Å². The van der Waals surface area contributed by atoms with Crippen LogP contribution in [-0.2, 0) is 14.4 Å². The molecule has 0 saturated heterocycles. The molecule has 5 aromatic rings. The number of methoxy groups -OCH3 is 1. The van der Waals surface area contributed by atoms with E-state index in [9.17, 15) is 19.2 Å². The van der Waals surface area contributed by atoms with Crippen molar-refractivity contribution in [3.8, 4) is 5.75 Å². The first-order chi connectivity index (χ1) is 22.3. The summed E-state index contributed by atoms with van der Waals surface area (Å²) in [7, 11) is 1.56. The van der Waals surface area contributed by atoms with Gasteiger partial charge in [0.1, 0.15) is 18.0 Å². The Morgan fingerprint density at radius 1 is 0.913 bits per heavy atom. The smallest absolute Gasteiger partial charge is 0.268 e. The van der Waals surface area contributed by atoms with Crippen molar-refractivity contribution >= 4 is 57.5 Å². The van der Waals surface area contributed by atoms with E-state index in [4.69, 9.17) is 4.74 Å². The van der Waals surface area contributed by atoms with Crippen LogP contribution in [0.2, 0.25) is 0 Å². The lowest BCUT2D eigenvalue weighted by Crippen LogP contribution is -2.56. The summed E-state index contributed by atoms with van der Waals surface area (Å²) in [5.41, 5.74) is 2.05. The molecule has 0 fully saturated rings. The van der Waals surface area contributed by atoms with Crippen molar-refractivity contribution in [1.82, 2.24) is 20.3 Å². The van der Waals surface area contributed by atoms with Gasteiger partial charge in [-0.1, -0.05) is 30.3 Å². The molecule has 6 rings (SSSR count). The normalized spacial score (nSPS) is 14.7. The highest BCUT2D eigenvalue weighted by atomic mass is 16.5. The molecule has 4 amide bonds. The van der Waals surface area contributed by atoms with E-state index >= 15 is 0 Å². The van der Waals surface area contributed by atoms with Crippen LogP contribution in [0.4, 0.5) is 23.0 Å². The number of aromatic nitrogens is 3. The third-order valence-electron chi connectivity index (χ3n) is 7.62. The van der Waals surface area contributed by atoms with Crippen LogP contribution in [0.25, 0.3) is 10.9 Å². The molecule has 3 heterocycles. The second-order valence-electron chi connectivity index (χ2n) is 10.9. The molecule has 232 valence electrons. The largest absolute Gasteiger partial charge is 0.497 e. The molecule has 0 aliphatic carbocycles. The van der Waals surface area contributed by atoms with Gasteiger partial charge < -0.3 is 19.9 Å². The van der Waals surface area contributed by atoms with E-state index in [2.05, 4.69) is 20.3 Å². The van der Waals surface area contributed by atoms with Gasteiger partial charge in [0, 0.05) is 35.0 Å². The molecule has 1 unspecified atom stereocenters. The van der Waals surface area contributed by atoms with Gasteiger partial charge in [0.2, 0.25) is 11.9 Å². The molecule has 2 aromatic heterocycles. The third-order valence-corrected chi connectivity index (χ3v) is 7.62. The average molecular weight is 618 g/mol. The zero-order chi connectivity index (χ0) is 32.4. The molecular formula is C34H31N7O5. The summed E-state index contributed by atoms with van der Waals surface area (Å²) in [6.45, 7) is 3.30. The summed E-state index contributed by atoms with van der Waals surface area (Å²) in [5.74, 6) is -2.00. The number of carbonyl (C=O) groups excluding carboxylic acids is 4. The van der Waals surface area contributed by atoms with Crippen molar-refractivity contribution in [3.63, 3.8) is 0 Å². The van der Waals surface area contributed by atoms with Gasteiger partial charge in [0.25, 0.3) is 17.7 Å². The number of nitrogens with one attached hydrogen (secondary N) is 2. The van der Waals surface area contributed by atoms with Gasteiger partial charge in [0.05, 0.1) is 18.5 Å². The van der Waals surface area contributed by atoms with Crippen molar-refractivity contribution in [3.05, 3.63) is 103 Å². The Labute approximate surface area is 264 Å². The van der Waals surface area contributed by atoms with Crippen LogP contribution in [0.15, 0.2) is 97.3 Å². The molecule has 3 aromatic carbocycles. The second-order valence-corrected chi connectivity index (χ2v) is 10.9. The molecule has 1 aliphatic rings. The first kappa shape index (κ1) is 30.0. The molecule has 0 radical (unpaired) electrons. The van der Waals surface area contributed by atoms with Gasteiger partial charge >= 0.3 is 0 Å². The first-order valence-corrected chi connectivity index (χ1v) is 14.6. The maximum atomic E-state index is 14.4. The van der Waals surface area contributed by atoms with Crippen LogP contribution < -0.4 is 24.8 Å². The number of ether oxygens (including phenoxy) is 1. The number of amides is 4. The van der Waals surface area contributed by atoms with Crippen molar-refractivity contribution in [2.24, 2.45) is 0 Å². The highest BCUT2D eigenvalue weighted by molar-refractivity contribution is 6.25. The van der Waals surface area contributed by atoms with Crippen molar-refractivity contribution < 1.29 is 23.9 Å². The summed E-state index contributed by atoms with van der Waals surface area (Å²) in [4.78, 5) is 71.9. The minimum atomic E-state index is -1.71. The van der Waals surface area contributed by atoms with E-state index in [-0.39, 0.29) is 29.1 Å². The van der Waals surface area contributed by atoms with Gasteiger partial charge in [-0.15, -0.1) is 0 Å². The Bertz CT molecular complexity index is 1890. The molecule has 1 atom stereocenters. The average Bonchev–Trinajstić information content (AvgIpc) is 3.49. The van der Waals surface area contributed by atoms with Crippen molar-refractivity contribution in [1.29, 1.82) is 0 Å². The lowest BCUT2D eigenvalue weighted by Gasteiger charge is -2.31. The minimum absolute atomic E-state index is 0.00725. The van der Waals surface area contributed by atoms with E-state index in [0.717, 1.165) is 10.9 Å². The van der Waals surface area contributed by atoms with E-state index in [1.54, 1.807) is 72.7 Å². The molecule has 0 saturated carbocycles. The molecule has 12 heteroatoms. The number of anilines is 4. The zero-order valence-electron chi connectivity index (χ0n) is 25.4. The Balaban J connectivity index is 1.41. The molecule has 0 spiro atoms. The molecular weight excluding hydrogens is 586 g/mol. The Morgan fingerprint density at radius 3 is 2.26 bits per heavy atom. The number of H-pyrrole nitrogens is 1. The number of fused-ring (bicyclic) bond motifs is 2. The highest BCUT2D eigenvalue weighted by Gasteiger charge is 2.44. The maximum absolute atomic E-state index is 14.4. The maximum Gasteiger partial charge on any atom is 0.268 e. The number of para-hydroxylation sites is 3. The second kappa shape index (κ2) is 12.5. The summed E-state index contributed by atoms with van der Waals surface area (Å²) < 4.78 is 5.27. The lowest BCUT2D eigenvalue weighted by molar-refractivity contribution is -0.129. The fourth-order valence-corrected chi connectivity index (χ4v) is 5.50. The predicted octanol–water partition coefficient (Wildman–Crippen LogP) is 4.22. The monoisotopic (exact) mass is 617 g/mol. The molecule has 0 bridgehead atoms. The van der Waals surface area contributed by atoms with Crippen LogP contribution in [0.3, 0.4) is 0 Å². The summed E-state index contributed by atoms with van der Waals surface area (Å²) in [5, 5.41) is 3.41. The van der Waals surface area contributed by atoms with Crippen molar-refractivity contribution in [2.75, 3.05) is 28.4 Å². The predicted molar refractivity (Wildman–Crippen MR) is 173 cm³/mol. The SMILES string of the molecule is COc1ccc(N(C(=O)CN2C(=O)C(NC(=O)c3cc4ccccc4[nH]3)C(=O)N(c3ncccn3)c3ccccc32)C(C)C)cc1. The van der Waals surface area contributed by atoms with E-state index < -0.39 is 36.2 Å². The summed E-state index contributed by atoms with van der Waals surface area (Å²) in [6, 6.07) is 22.3. The zero-order valence-corrected chi connectivity index (χ0v) is 25.4. The third kappa shape index (κ3) is 5.63. The van der Waals surface area contributed by atoms with E-state index in [0.29, 0.717) is 11.4 Å². The number of nitrogens with zero attached hydrogens (tertiary/aromatic N) is 5. The quantitative estimate of drug-likeness (QED) is 0.249. The van der Waals surface area contributed by atoms with Gasteiger partial charge in [-0.3, -0.25) is 24.1 Å². The summed E-state index contributed by atoms with van der Waals surface area (Å²) >= 11 is 0. The van der Waals surface area contributed by atoms with E-state index in [1.807, 2.05) is 38.1 Å². The molecule has 2 N–H and O–H groups in total. The van der Waals surface area contributed by atoms with Gasteiger partial charge in [-0.2, -0.15) is 0 Å². The van der Waals surface area contributed by atoms with Crippen LogP contribution in [0, 0.1) is 0 Å². The minimum Gasteiger partial charge on any atom is -0.497 e. The Hall–Kier alpha value is -6.04. The summed E-state index contributed by atoms with van der Waals surface area (Å²) in [6.07, 6.45) is 2.94.